The Morgan fingerprint density at radius 2 is 2.00 bits per heavy atom. The molecular weight excluding hydrogens is 289 g/mol. The molecule has 2 nitrogen and oxygen atoms in total. The van der Waals surface area contributed by atoms with Gasteiger partial charge in [0.1, 0.15) is 18.2 Å². The van der Waals surface area contributed by atoms with Gasteiger partial charge in [0.05, 0.1) is 5.02 Å². The zero-order valence-electron chi connectivity index (χ0n) is 12.4. The third kappa shape index (κ3) is 3.96. The smallest absolute Gasteiger partial charge is 0.124 e. The molecule has 0 aliphatic carbocycles. The van der Waals surface area contributed by atoms with E-state index in [9.17, 15) is 4.39 Å². The summed E-state index contributed by atoms with van der Waals surface area (Å²) in [6.45, 7) is 4.40. The molecule has 2 rings (SSSR count). The normalized spacial score (nSPS) is 12.2. The molecule has 112 valence electrons. The largest absolute Gasteiger partial charge is 0.488 e. The van der Waals surface area contributed by atoms with E-state index in [1.807, 2.05) is 20.0 Å². The van der Waals surface area contributed by atoms with Gasteiger partial charge in [0.15, 0.2) is 0 Å². The number of benzene rings is 2. The van der Waals surface area contributed by atoms with Gasteiger partial charge in [-0.2, -0.15) is 0 Å². The van der Waals surface area contributed by atoms with Crippen LogP contribution in [0.3, 0.4) is 0 Å². The second kappa shape index (κ2) is 6.92. The lowest BCUT2D eigenvalue weighted by molar-refractivity contribution is 0.300. The van der Waals surface area contributed by atoms with Gasteiger partial charge in [0.25, 0.3) is 0 Å². The molecule has 0 fully saturated rings. The number of hydrogen-bond acceptors (Lipinski definition) is 2. The lowest BCUT2D eigenvalue weighted by Gasteiger charge is -2.17. The van der Waals surface area contributed by atoms with Crippen molar-refractivity contribution in [3.8, 4) is 5.75 Å². The van der Waals surface area contributed by atoms with Gasteiger partial charge in [-0.1, -0.05) is 29.8 Å². The van der Waals surface area contributed by atoms with E-state index in [0.717, 1.165) is 22.4 Å². The van der Waals surface area contributed by atoms with Crippen molar-refractivity contribution < 1.29 is 9.13 Å². The molecule has 2 aromatic carbocycles. The van der Waals surface area contributed by atoms with Crippen LogP contribution in [0.25, 0.3) is 0 Å². The number of rotatable bonds is 5. The molecule has 0 bridgehead atoms. The van der Waals surface area contributed by atoms with Crippen LogP contribution < -0.4 is 10.1 Å². The van der Waals surface area contributed by atoms with Crippen molar-refractivity contribution in [3.05, 3.63) is 63.9 Å². The van der Waals surface area contributed by atoms with Gasteiger partial charge in [0.2, 0.25) is 0 Å². The maximum absolute atomic E-state index is 13.0. The standard InChI is InChI=1S/C17H19ClFNO/c1-11-4-7-15(12(2)20-3)17(8-11)21-10-13-5-6-14(19)9-16(13)18/h4-9,12,20H,10H2,1-3H3. The number of halogens is 2. The Kier molecular flexibility index (Phi) is 5.21. The van der Waals surface area contributed by atoms with E-state index >= 15 is 0 Å². The fourth-order valence-electron chi connectivity index (χ4n) is 2.07. The lowest BCUT2D eigenvalue weighted by atomic mass is 10.1. The summed E-state index contributed by atoms with van der Waals surface area (Å²) in [5.74, 6) is 0.473. The number of hydrogen-bond donors (Lipinski definition) is 1. The van der Waals surface area contributed by atoms with Crippen molar-refractivity contribution in [1.82, 2.24) is 5.32 Å². The predicted octanol–water partition coefficient (Wildman–Crippen LogP) is 4.65. The van der Waals surface area contributed by atoms with Crippen LogP contribution >= 0.6 is 11.6 Å². The van der Waals surface area contributed by atoms with E-state index in [1.165, 1.54) is 12.1 Å². The zero-order chi connectivity index (χ0) is 15.4. The fourth-order valence-corrected chi connectivity index (χ4v) is 2.30. The van der Waals surface area contributed by atoms with Crippen molar-refractivity contribution in [3.63, 3.8) is 0 Å². The lowest BCUT2D eigenvalue weighted by Crippen LogP contribution is -2.14. The summed E-state index contributed by atoms with van der Waals surface area (Å²) in [5, 5.41) is 3.58. The molecule has 0 saturated carbocycles. The number of nitrogens with one attached hydrogen (secondary N) is 1. The molecule has 0 saturated heterocycles. The summed E-state index contributed by atoms with van der Waals surface area (Å²) < 4.78 is 18.9. The highest BCUT2D eigenvalue weighted by Gasteiger charge is 2.11. The average Bonchev–Trinajstić information content (AvgIpc) is 2.45. The molecule has 1 atom stereocenters. The second-order valence-electron chi connectivity index (χ2n) is 5.08. The molecule has 1 N–H and O–H groups in total. The Hall–Kier alpha value is -1.58. The summed E-state index contributed by atoms with van der Waals surface area (Å²) in [5.41, 5.74) is 2.98. The van der Waals surface area contributed by atoms with Crippen LogP contribution in [0.15, 0.2) is 36.4 Å². The van der Waals surface area contributed by atoms with E-state index in [-0.39, 0.29) is 11.9 Å². The Balaban J connectivity index is 2.21. The minimum Gasteiger partial charge on any atom is -0.488 e. The molecule has 4 heteroatoms. The van der Waals surface area contributed by atoms with Crippen molar-refractivity contribution in [2.45, 2.75) is 26.5 Å². The van der Waals surface area contributed by atoms with Crippen LogP contribution in [0.2, 0.25) is 5.02 Å². The van der Waals surface area contributed by atoms with E-state index in [1.54, 1.807) is 6.07 Å². The van der Waals surface area contributed by atoms with Gasteiger partial charge in [-0.25, -0.2) is 4.39 Å². The van der Waals surface area contributed by atoms with Crippen LogP contribution in [0.1, 0.15) is 29.7 Å². The summed E-state index contributed by atoms with van der Waals surface area (Å²) in [7, 11) is 1.91. The Morgan fingerprint density at radius 3 is 2.67 bits per heavy atom. The highest BCUT2D eigenvalue weighted by molar-refractivity contribution is 6.31. The monoisotopic (exact) mass is 307 g/mol. The van der Waals surface area contributed by atoms with Crippen LogP contribution in [0, 0.1) is 12.7 Å². The van der Waals surface area contributed by atoms with Gasteiger partial charge in [0, 0.05) is 17.2 Å². The molecule has 0 aliphatic heterocycles. The molecule has 21 heavy (non-hydrogen) atoms. The highest BCUT2D eigenvalue weighted by Crippen LogP contribution is 2.28. The van der Waals surface area contributed by atoms with E-state index in [0.29, 0.717) is 11.6 Å². The van der Waals surface area contributed by atoms with Gasteiger partial charge in [-0.15, -0.1) is 0 Å². The SMILES string of the molecule is CNC(C)c1ccc(C)cc1OCc1ccc(F)cc1Cl. The number of aryl methyl sites for hydroxylation is 1. The average molecular weight is 308 g/mol. The third-order valence-electron chi connectivity index (χ3n) is 3.47. The Bertz CT molecular complexity index is 630. The Morgan fingerprint density at radius 1 is 1.24 bits per heavy atom. The predicted molar refractivity (Wildman–Crippen MR) is 84.4 cm³/mol. The first kappa shape index (κ1) is 15.8. The maximum Gasteiger partial charge on any atom is 0.124 e. The first-order valence-corrected chi connectivity index (χ1v) is 7.23. The highest BCUT2D eigenvalue weighted by atomic mass is 35.5. The molecule has 0 aromatic heterocycles. The van der Waals surface area contributed by atoms with E-state index < -0.39 is 0 Å². The number of ether oxygens (including phenoxy) is 1. The maximum atomic E-state index is 13.0. The van der Waals surface area contributed by atoms with Crippen LogP contribution in [0.5, 0.6) is 5.75 Å². The van der Waals surface area contributed by atoms with Gasteiger partial charge >= 0.3 is 0 Å². The van der Waals surface area contributed by atoms with E-state index in [2.05, 4.69) is 24.4 Å². The summed E-state index contributed by atoms with van der Waals surface area (Å²) in [6.07, 6.45) is 0. The minimum absolute atomic E-state index is 0.185. The quantitative estimate of drug-likeness (QED) is 0.868. The molecule has 0 aliphatic rings. The zero-order valence-corrected chi connectivity index (χ0v) is 13.2. The van der Waals surface area contributed by atoms with Crippen LogP contribution in [-0.4, -0.2) is 7.05 Å². The molecule has 0 amide bonds. The molecule has 0 spiro atoms. The third-order valence-corrected chi connectivity index (χ3v) is 3.82. The fraction of sp³-hybridized carbons (Fsp3) is 0.294. The van der Waals surface area contributed by atoms with Crippen LogP contribution in [0.4, 0.5) is 4.39 Å². The topological polar surface area (TPSA) is 21.3 Å². The second-order valence-corrected chi connectivity index (χ2v) is 5.48. The van der Waals surface area contributed by atoms with E-state index in [4.69, 9.17) is 16.3 Å². The van der Waals surface area contributed by atoms with Crippen LogP contribution in [-0.2, 0) is 6.61 Å². The van der Waals surface area contributed by atoms with Crippen molar-refractivity contribution in [2.24, 2.45) is 0 Å². The summed E-state index contributed by atoms with van der Waals surface area (Å²) in [6, 6.07) is 10.6. The summed E-state index contributed by atoms with van der Waals surface area (Å²) >= 11 is 6.02. The minimum atomic E-state index is -0.344. The molecular formula is C17H19ClFNO. The van der Waals surface area contributed by atoms with Gasteiger partial charge in [-0.05, 0) is 44.7 Å². The van der Waals surface area contributed by atoms with Crippen molar-refractivity contribution in [2.75, 3.05) is 7.05 Å². The molecule has 1 unspecified atom stereocenters. The first-order chi connectivity index (χ1) is 10.0. The molecule has 2 aromatic rings. The first-order valence-electron chi connectivity index (χ1n) is 6.86. The van der Waals surface area contributed by atoms with Crippen molar-refractivity contribution >= 4 is 11.6 Å². The molecule has 0 heterocycles. The van der Waals surface area contributed by atoms with Gasteiger partial charge in [-0.3, -0.25) is 0 Å². The summed E-state index contributed by atoms with van der Waals surface area (Å²) in [4.78, 5) is 0. The van der Waals surface area contributed by atoms with Gasteiger partial charge < -0.3 is 10.1 Å². The Labute approximate surface area is 129 Å². The molecule has 0 radical (unpaired) electrons. The van der Waals surface area contributed by atoms with Crippen molar-refractivity contribution in [1.29, 1.82) is 0 Å².